The van der Waals surface area contributed by atoms with Crippen LogP contribution in [0.3, 0.4) is 0 Å². The van der Waals surface area contributed by atoms with E-state index in [2.05, 4.69) is 5.32 Å². The number of rotatable bonds is 5. The Bertz CT molecular complexity index is 539. The number of hydrogen-bond acceptors (Lipinski definition) is 2. The van der Waals surface area contributed by atoms with Crippen molar-refractivity contribution in [3.8, 4) is 0 Å². The maximum atomic E-state index is 12.8. The van der Waals surface area contributed by atoms with Crippen molar-refractivity contribution < 1.29 is 19.1 Å². The third-order valence-electron chi connectivity index (χ3n) is 3.71. The fraction of sp³-hybridized carbons (Fsp3) is 0.375. The lowest BCUT2D eigenvalue weighted by Gasteiger charge is -2.24. The van der Waals surface area contributed by atoms with E-state index in [0.717, 1.165) is 5.56 Å². The number of hydrogen-bond donors (Lipinski definition) is 2. The van der Waals surface area contributed by atoms with Gasteiger partial charge in [0.15, 0.2) is 0 Å². The molecule has 4 nitrogen and oxygen atoms in total. The maximum Gasteiger partial charge on any atom is 0.307 e. The van der Waals surface area contributed by atoms with Gasteiger partial charge in [0.25, 0.3) is 0 Å². The van der Waals surface area contributed by atoms with Gasteiger partial charge in [-0.05, 0) is 37.0 Å². The molecule has 2 rings (SSSR count). The van der Waals surface area contributed by atoms with Gasteiger partial charge in [0.1, 0.15) is 5.82 Å². The number of aliphatic carboxylic acids is 1. The van der Waals surface area contributed by atoms with Gasteiger partial charge in [0.05, 0.1) is 11.8 Å². The van der Waals surface area contributed by atoms with Gasteiger partial charge < -0.3 is 10.4 Å². The van der Waals surface area contributed by atoms with Crippen LogP contribution in [0.15, 0.2) is 36.4 Å². The van der Waals surface area contributed by atoms with E-state index in [-0.39, 0.29) is 11.7 Å². The van der Waals surface area contributed by atoms with Crippen LogP contribution in [-0.4, -0.2) is 23.5 Å². The first-order valence-corrected chi connectivity index (χ1v) is 6.98. The van der Waals surface area contributed by atoms with Gasteiger partial charge in [0.2, 0.25) is 5.91 Å². The van der Waals surface area contributed by atoms with Crippen LogP contribution < -0.4 is 5.32 Å². The van der Waals surface area contributed by atoms with Gasteiger partial charge in [-0.2, -0.15) is 0 Å². The quantitative estimate of drug-likeness (QED) is 0.817. The molecule has 1 aliphatic carbocycles. The molecule has 0 spiro atoms. The number of carbonyl (C=O) groups excluding carboxylic acids is 1. The minimum absolute atomic E-state index is 0.228. The highest BCUT2D eigenvalue weighted by Gasteiger charge is 2.33. The fourth-order valence-electron chi connectivity index (χ4n) is 2.49. The summed E-state index contributed by atoms with van der Waals surface area (Å²) in [6, 6.07) is 6.10. The lowest BCUT2D eigenvalue weighted by molar-refractivity contribution is -0.147. The Morgan fingerprint density at radius 3 is 2.38 bits per heavy atom. The molecule has 0 aromatic heterocycles. The molecular weight excluding hydrogens is 273 g/mol. The molecule has 0 unspecified atom stereocenters. The molecule has 1 aromatic rings. The molecule has 1 aliphatic rings. The highest BCUT2D eigenvalue weighted by molar-refractivity contribution is 5.85. The Morgan fingerprint density at radius 1 is 1.14 bits per heavy atom. The van der Waals surface area contributed by atoms with Crippen molar-refractivity contribution >= 4 is 11.9 Å². The number of carbonyl (C=O) groups is 2. The summed E-state index contributed by atoms with van der Waals surface area (Å²) in [5.41, 5.74) is 0.926. The van der Waals surface area contributed by atoms with Crippen molar-refractivity contribution in [1.82, 2.24) is 5.32 Å². The van der Waals surface area contributed by atoms with Crippen molar-refractivity contribution in [2.45, 2.75) is 19.3 Å². The van der Waals surface area contributed by atoms with E-state index in [1.54, 1.807) is 18.2 Å². The molecule has 2 N–H and O–H groups in total. The molecule has 0 saturated heterocycles. The normalized spacial score (nSPS) is 21.0. The summed E-state index contributed by atoms with van der Waals surface area (Å²) >= 11 is 0. The molecule has 5 heteroatoms. The molecule has 0 fully saturated rings. The summed E-state index contributed by atoms with van der Waals surface area (Å²) in [5.74, 6) is -2.62. The Morgan fingerprint density at radius 2 is 1.76 bits per heavy atom. The topological polar surface area (TPSA) is 66.4 Å². The van der Waals surface area contributed by atoms with Crippen LogP contribution in [0.25, 0.3) is 0 Å². The molecule has 0 saturated carbocycles. The molecule has 112 valence electrons. The number of benzene rings is 1. The van der Waals surface area contributed by atoms with Gasteiger partial charge in [-0.3, -0.25) is 9.59 Å². The second kappa shape index (κ2) is 7.02. The highest BCUT2D eigenvalue weighted by Crippen LogP contribution is 2.25. The van der Waals surface area contributed by atoms with Gasteiger partial charge in [0, 0.05) is 6.54 Å². The number of carboxylic acids is 1. The van der Waals surface area contributed by atoms with Crippen LogP contribution in [0.2, 0.25) is 0 Å². The van der Waals surface area contributed by atoms with Crippen molar-refractivity contribution in [3.05, 3.63) is 47.8 Å². The maximum absolute atomic E-state index is 12.8. The highest BCUT2D eigenvalue weighted by atomic mass is 19.1. The Labute approximate surface area is 122 Å². The van der Waals surface area contributed by atoms with Crippen LogP contribution >= 0.6 is 0 Å². The Balaban J connectivity index is 1.85. The molecule has 2 atom stereocenters. The van der Waals surface area contributed by atoms with E-state index >= 15 is 0 Å². The zero-order valence-corrected chi connectivity index (χ0v) is 11.6. The van der Waals surface area contributed by atoms with E-state index in [1.807, 2.05) is 6.08 Å². The Hall–Kier alpha value is -2.17. The number of carboxylic acid groups (broad SMARTS) is 1. The van der Waals surface area contributed by atoms with Crippen molar-refractivity contribution in [3.63, 3.8) is 0 Å². The summed E-state index contributed by atoms with van der Waals surface area (Å²) in [4.78, 5) is 23.2. The van der Waals surface area contributed by atoms with Crippen LogP contribution in [-0.2, 0) is 16.0 Å². The van der Waals surface area contributed by atoms with Gasteiger partial charge >= 0.3 is 5.97 Å². The second-order valence-corrected chi connectivity index (χ2v) is 5.16. The van der Waals surface area contributed by atoms with E-state index in [9.17, 15) is 14.0 Å². The lowest BCUT2D eigenvalue weighted by Crippen LogP contribution is -2.39. The van der Waals surface area contributed by atoms with E-state index in [0.29, 0.717) is 25.8 Å². The second-order valence-electron chi connectivity index (χ2n) is 5.16. The largest absolute Gasteiger partial charge is 0.481 e. The fourth-order valence-corrected chi connectivity index (χ4v) is 2.49. The van der Waals surface area contributed by atoms with E-state index < -0.39 is 17.8 Å². The number of nitrogens with one attached hydrogen (secondary N) is 1. The number of amides is 1. The van der Waals surface area contributed by atoms with Crippen molar-refractivity contribution in [2.75, 3.05) is 6.54 Å². The van der Waals surface area contributed by atoms with Gasteiger partial charge in [-0.25, -0.2) is 4.39 Å². The average Bonchev–Trinajstić information content (AvgIpc) is 2.49. The third-order valence-corrected chi connectivity index (χ3v) is 3.71. The molecule has 0 heterocycles. The minimum Gasteiger partial charge on any atom is -0.481 e. The summed E-state index contributed by atoms with van der Waals surface area (Å²) < 4.78 is 12.8. The predicted molar refractivity (Wildman–Crippen MR) is 76.1 cm³/mol. The smallest absolute Gasteiger partial charge is 0.307 e. The summed E-state index contributed by atoms with van der Waals surface area (Å²) in [6.07, 6.45) is 5.10. The first kappa shape index (κ1) is 15.2. The Kier molecular flexibility index (Phi) is 5.09. The first-order chi connectivity index (χ1) is 10.1. The SMILES string of the molecule is O=C(O)[C@@H]1CC=CC[C@H]1C(=O)NCCc1ccc(F)cc1. The molecular formula is C16H18FNO3. The number of halogens is 1. The molecule has 1 amide bonds. The monoisotopic (exact) mass is 291 g/mol. The standard InChI is InChI=1S/C16H18FNO3/c17-12-7-5-11(6-8-12)9-10-18-15(19)13-3-1-2-4-14(13)16(20)21/h1-2,5-8,13-14H,3-4,9-10H2,(H,18,19)(H,20,21)/t13-,14-/m1/s1. The van der Waals surface area contributed by atoms with Gasteiger partial charge in [-0.15, -0.1) is 0 Å². The zero-order chi connectivity index (χ0) is 15.2. The molecule has 0 aliphatic heterocycles. The van der Waals surface area contributed by atoms with Crippen molar-refractivity contribution in [2.24, 2.45) is 11.8 Å². The first-order valence-electron chi connectivity index (χ1n) is 6.98. The molecule has 1 aromatic carbocycles. The summed E-state index contributed by atoms with van der Waals surface area (Å²) in [5, 5.41) is 11.9. The lowest BCUT2D eigenvalue weighted by atomic mass is 9.82. The van der Waals surface area contributed by atoms with E-state index in [1.165, 1.54) is 12.1 Å². The van der Waals surface area contributed by atoms with E-state index in [4.69, 9.17) is 5.11 Å². The van der Waals surface area contributed by atoms with Crippen molar-refractivity contribution in [1.29, 1.82) is 0 Å². The minimum atomic E-state index is -0.932. The predicted octanol–water partition coefficient (Wildman–Crippen LogP) is 2.15. The zero-order valence-electron chi connectivity index (χ0n) is 11.6. The van der Waals surface area contributed by atoms with Gasteiger partial charge in [-0.1, -0.05) is 24.3 Å². The number of allylic oxidation sites excluding steroid dienone is 2. The summed E-state index contributed by atoms with van der Waals surface area (Å²) in [6.45, 7) is 0.414. The molecule has 0 bridgehead atoms. The molecule has 0 radical (unpaired) electrons. The van der Waals surface area contributed by atoms with Crippen LogP contribution in [0.5, 0.6) is 0 Å². The van der Waals surface area contributed by atoms with Crippen LogP contribution in [0.1, 0.15) is 18.4 Å². The van der Waals surface area contributed by atoms with Crippen LogP contribution in [0, 0.1) is 17.7 Å². The molecule has 21 heavy (non-hydrogen) atoms. The van der Waals surface area contributed by atoms with Crippen LogP contribution in [0.4, 0.5) is 4.39 Å². The summed E-state index contributed by atoms with van der Waals surface area (Å²) in [7, 11) is 0. The average molecular weight is 291 g/mol. The third kappa shape index (κ3) is 4.15.